The zero-order chi connectivity index (χ0) is 13.0. The van der Waals surface area contributed by atoms with Crippen molar-refractivity contribution in [2.75, 3.05) is 13.2 Å². The van der Waals surface area contributed by atoms with Crippen LogP contribution in [-0.2, 0) is 16.8 Å². The lowest BCUT2D eigenvalue weighted by atomic mass is 10.1. The van der Waals surface area contributed by atoms with Crippen LogP contribution in [0.5, 0.6) is 0 Å². The van der Waals surface area contributed by atoms with Crippen LogP contribution < -0.4 is 5.32 Å². The maximum Gasteiger partial charge on any atom is 0.0965 e. The van der Waals surface area contributed by atoms with Crippen LogP contribution in [-0.4, -0.2) is 34.2 Å². The fourth-order valence-electron chi connectivity index (χ4n) is 2.06. The summed E-state index contributed by atoms with van der Waals surface area (Å²) >= 11 is 0. The van der Waals surface area contributed by atoms with Gasteiger partial charge in [-0.15, -0.1) is 5.10 Å². The Balaban J connectivity index is 1.84. The SMILES string of the molecule is CC(C)(C)n1cc(CNC2CCCOCC2)nn1. The summed E-state index contributed by atoms with van der Waals surface area (Å²) in [5.74, 6) is 0. The zero-order valence-electron chi connectivity index (χ0n) is 11.6. The Hall–Kier alpha value is -0.940. The van der Waals surface area contributed by atoms with Crippen LogP contribution in [0, 0.1) is 0 Å². The second-order valence-electron chi connectivity index (χ2n) is 5.95. The topological polar surface area (TPSA) is 52.0 Å². The van der Waals surface area contributed by atoms with Crippen molar-refractivity contribution in [3.63, 3.8) is 0 Å². The first kappa shape index (κ1) is 13.5. The van der Waals surface area contributed by atoms with Crippen molar-refractivity contribution in [3.8, 4) is 0 Å². The Morgan fingerprint density at radius 3 is 2.94 bits per heavy atom. The van der Waals surface area contributed by atoms with Gasteiger partial charge in [-0.2, -0.15) is 0 Å². The number of rotatable bonds is 3. The molecule has 1 fully saturated rings. The summed E-state index contributed by atoms with van der Waals surface area (Å²) in [5, 5.41) is 11.9. The fourth-order valence-corrected chi connectivity index (χ4v) is 2.06. The van der Waals surface area contributed by atoms with E-state index in [-0.39, 0.29) is 5.54 Å². The van der Waals surface area contributed by atoms with E-state index in [2.05, 4.69) is 36.4 Å². The molecule has 0 spiro atoms. The van der Waals surface area contributed by atoms with Crippen LogP contribution in [0.2, 0.25) is 0 Å². The van der Waals surface area contributed by atoms with Crippen molar-refractivity contribution < 1.29 is 4.74 Å². The van der Waals surface area contributed by atoms with E-state index in [4.69, 9.17) is 4.74 Å². The molecule has 1 saturated heterocycles. The summed E-state index contributed by atoms with van der Waals surface area (Å²) in [6.45, 7) is 8.94. The minimum Gasteiger partial charge on any atom is -0.381 e. The summed E-state index contributed by atoms with van der Waals surface area (Å²) in [6, 6.07) is 0.548. The lowest BCUT2D eigenvalue weighted by molar-refractivity contribution is 0.142. The van der Waals surface area contributed by atoms with Crippen molar-refractivity contribution >= 4 is 0 Å². The number of ether oxygens (including phenoxy) is 1. The predicted molar refractivity (Wildman–Crippen MR) is 70.3 cm³/mol. The second kappa shape index (κ2) is 5.80. The van der Waals surface area contributed by atoms with E-state index in [1.54, 1.807) is 0 Å². The third-order valence-corrected chi connectivity index (χ3v) is 3.25. The number of hydrogen-bond donors (Lipinski definition) is 1. The molecular weight excluding hydrogens is 228 g/mol. The largest absolute Gasteiger partial charge is 0.381 e. The molecule has 1 unspecified atom stereocenters. The van der Waals surface area contributed by atoms with E-state index in [1.165, 1.54) is 6.42 Å². The zero-order valence-corrected chi connectivity index (χ0v) is 11.6. The highest BCUT2D eigenvalue weighted by molar-refractivity contribution is 4.94. The van der Waals surface area contributed by atoms with Gasteiger partial charge in [0.15, 0.2) is 0 Å². The van der Waals surface area contributed by atoms with Gasteiger partial charge in [-0.25, -0.2) is 4.68 Å². The summed E-state index contributed by atoms with van der Waals surface area (Å²) in [4.78, 5) is 0. The number of aromatic nitrogens is 3. The van der Waals surface area contributed by atoms with Crippen LogP contribution in [0.1, 0.15) is 45.7 Å². The predicted octanol–water partition coefficient (Wildman–Crippen LogP) is 1.69. The lowest BCUT2D eigenvalue weighted by Gasteiger charge is -2.17. The smallest absolute Gasteiger partial charge is 0.0965 e. The molecule has 0 saturated carbocycles. The van der Waals surface area contributed by atoms with Crippen molar-refractivity contribution in [1.82, 2.24) is 20.3 Å². The molecule has 0 amide bonds. The monoisotopic (exact) mass is 252 g/mol. The van der Waals surface area contributed by atoms with E-state index in [9.17, 15) is 0 Å². The van der Waals surface area contributed by atoms with Crippen molar-refractivity contribution in [1.29, 1.82) is 0 Å². The van der Waals surface area contributed by atoms with Gasteiger partial charge in [-0.3, -0.25) is 0 Å². The average Bonchev–Trinajstić information content (AvgIpc) is 2.64. The molecule has 2 heterocycles. The van der Waals surface area contributed by atoms with Gasteiger partial charge >= 0.3 is 0 Å². The lowest BCUT2D eigenvalue weighted by Crippen LogP contribution is -2.29. The van der Waals surface area contributed by atoms with Crippen LogP contribution in [0.25, 0.3) is 0 Å². The molecular formula is C13H24N4O. The highest BCUT2D eigenvalue weighted by Gasteiger charge is 2.16. The first-order valence-electron chi connectivity index (χ1n) is 6.78. The number of nitrogens with zero attached hydrogens (tertiary/aromatic N) is 3. The fraction of sp³-hybridized carbons (Fsp3) is 0.846. The Bertz CT molecular complexity index is 361. The molecule has 0 radical (unpaired) electrons. The number of nitrogens with one attached hydrogen (secondary N) is 1. The normalized spacial score (nSPS) is 21.8. The van der Waals surface area contributed by atoms with Crippen molar-refractivity contribution in [2.45, 2.75) is 58.2 Å². The van der Waals surface area contributed by atoms with Gasteiger partial charge in [0.1, 0.15) is 0 Å². The molecule has 1 aromatic heterocycles. The molecule has 0 aromatic carbocycles. The van der Waals surface area contributed by atoms with E-state index >= 15 is 0 Å². The standard InChI is InChI=1S/C13H24N4O/c1-13(2,3)17-10-12(15-16-17)9-14-11-5-4-7-18-8-6-11/h10-11,14H,4-9H2,1-3H3. The molecule has 0 bridgehead atoms. The Morgan fingerprint density at radius 1 is 1.39 bits per heavy atom. The van der Waals surface area contributed by atoms with Crippen LogP contribution in [0.4, 0.5) is 0 Å². The van der Waals surface area contributed by atoms with Gasteiger partial charge in [0, 0.05) is 25.8 Å². The number of hydrogen-bond acceptors (Lipinski definition) is 4. The van der Waals surface area contributed by atoms with Gasteiger partial charge < -0.3 is 10.1 Å². The third kappa shape index (κ3) is 3.78. The third-order valence-electron chi connectivity index (χ3n) is 3.25. The van der Waals surface area contributed by atoms with Gasteiger partial charge in [0.25, 0.3) is 0 Å². The minimum absolute atomic E-state index is 0.00140. The molecule has 5 heteroatoms. The Morgan fingerprint density at radius 2 is 2.22 bits per heavy atom. The maximum atomic E-state index is 5.45. The molecule has 1 aliphatic rings. The molecule has 1 aromatic rings. The highest BCUT2D eigenvalue weighted by atomic mass is 16.5. The Kier molecular flexibility index (Phi) is 4.35. The van der Waals surface area contributed by atoms with E-state index < -0.39 is 0 Å². The van der Waals surface area contributed by atoms with Gasteiger partial charge in [-0.1, -0.05) is 5.21 Å². The van der Waals surface area contributed by atoms with E-state index in [0.717, 1.165) is 38.3 Å². The minimum atomic E-state index is 0.00140. The molecule has 1 aliphatic heterocycles. The molecule has 0 aliphatic carbocycles. The first-order chi connectivity index (χ1) is 8.55. The quantitative estimate of drug-likeness (QED) is 0.889. The molecule has 1 atom stereocenters. The molecule has 1 N–H and O–H groups in total. The summed E-state index contributed by atoms with van der Waals surface area (Å²) in [5.41, 5.74) is 1.01. The van der Waals surface area contributed by atoms with Gasteiger partial charge in [0.05, 0.1) is 17.4 Å². The summed E-state index contributed by atoms with van der Waals surface area (Å²) in [6.07, 6.45) is 5.45. The van der Waals surface area contributed by atoms with Crippen LogP contribution >= 0.6 is 0 Å². The average molecular weight is 252 g/mol. The second-order valence-corrected chi connectivity index (χ2v) is 5.95. The molecule has 18 heavy (non-hydrogen) atoms. The van der Waals surface area contributed by atoms with Crippen molar-refractivity contribution in [3.05, 3.63) is 11.9 Å². The maximum absolute atomic E-state index is 5.45. The van der Waals surface area contributed by atoms with Gasteiger partial charge in [-0.05, 0) is 40.0 Å². The summed E-state index contributed by atoms with van der Waals surface area (Å²) in [7, 11) is 0. The van der Waals surface area contributed by atoms with Crippen molar-refractivity contribution in [2.24, 2.45) is 0 Å². The molecule has 5 nitrogen and oxygen atoms in total. The van der Waals surface area contributed by atoms with Gasteiger partial charge in [0.2, 0.25) is 0 Å². The van der Waals surface area contributed by atoms with E-state index in [0.29, 0.717) is 6.04 Å². The Labute approximate surface area is 109 Å². The first-order valence-corrected chi connectivity index (χ1v) is 6.78. The molecule has 2 rings (SSSR count). The molecule has 102 valence electrons. The van der Waals surface area contributed by atoms with Crippen LogP contribution in [0.3, 0.4) is 0 Å². The van der Waals surface area contributed by atoms with Crippen LogP contribution in [0.15, 0.2) is 6.20 Å². The summed E-state index contributed by atoms with van der Waals surface area (Å²) < 4.78 is 7.37. The highest BCUT2D eigenvalue weighted by Crippen LogP contribution is 2.12. The van der Waals surface area contributed by atoms with E-state index in [1.807, 2.05) is 10.9 Å².